The first kappa shape index (κ1) is 19.2. The minimum absolute atomic E-state index is 0.221. The standard InChI is InChI=1S/C17H27NO5/c1-8-9-11-10-12(14(20)22-16(2,3)4)18(13(11)19)15(21)23-17(5,6)7/h8,11-12H,1,9-10H2,2-7H3. The molecule has 1 aliphatic rings. The van der Waals surface area contributed by atoms with Crippen molar-refractivity contribution in [2.24, 2.45) is 5.92 Å². The molecule has 2 amide bonds. The largest absolute Gasteiger partial charge is 0.458 e. The van der Waals surface area contributed by atoms with Gasteiger partial charge >= 0.3 is 12.1 Å². The summed E-state index contributed by atoms with van der Waals surface area (Å²) < 4.78 is 10.6. The normalized spacial score (nSPS) is 22.0. The summed E-state index contributed by atoms with van der Waals surface area (Å²) in [5.74, 6) is -1.48. The van der Waals surface area contributed by atoms with Crippen molar-refractivity contribution in [1.82, 2.24) is 4.90 Å². The van der Waals surface area contributed by atoms with E-state index in [1.807, 2.05) is 0 Å². The average Bonchev–Trinajstić information content (AvgIpc) is 2.63. The van der Waals surface area contributed by atoms with Crippen molar-refractivity contribution in [3.05, 3.63) is 12.7 Å². The van der Waals surface area contributed by atoms with Crippen molar-refractivity contribution in [3.8, 4) is 0 Å². The molecule has 0 radical (unpaired) electrons. The second-order valence-corrected chi connectivity index (χ2v) is 7.69. The van der Waals surface area contributed by atoms with Crippen molar-refractivity contribution < 1.29 is 23.9 Å². The molecule has 1 fully saturated rings. The lowest BCUT2D eigenvalue weighted by Crippen LogP contribution is -2.47. The molecule has 0 aromatic carbocycles. The molecule has 0 aromatic rings. The molecule has 1 saturated heterocycles. The lowest BCUT2D eigenvalue weighted by Gasteiger charge is -2.28. The Labute approximate surface area is 137 Å². The first-order chi connectivity index (χ1) is 10.4. The van der Waals surface area contributed by atoms with Crippen LogP contribution in [-0.4, -0.2) is 40.1 Å². The van der Waals surface area contributed by atoms with Gasteiger partial charge in [0.05, 0.1) is 0 Å². The summed E-state index contributed by atoms with van der Waals surface area (Å²) >= 11 is 0. The minimum atomic E-state index is -0.957. The van der Waals surface area contributed by atoms with E-state index in [1.165, 1.54) is 0 Å². The van der Waals surface area contributed by atoms with Crippen LogP contribution in [0.4, 0.5) is 4.79 Å². The van der Waals surface area contributed by atoms with E-state index in [2.05, 4.69) is 6.58 Å². The Kier molecular flexibility index (Phi) is 5.61. The number of nitrogens with zero attached hydrogens (tertiary/aromatic N) is 1. The van der Waals surface area contributed by atoms with Gasteiger partial charge in [0.15, 0.2) is 0 Å². The Bertz CT molecular complexity index is 498. The highest BCUT2D eigenvalue weighted by atomic mass is 16.6. The molecular formula is C17H27NO5. The van der Waals surface area contributed by atoms with Crippen LogP contribution >= 0.6 is 0 Å². The van der Waals surface area contributed by atoms with Crippen LogP contribution in [0.1, 0.15) is 54.4 Å². The van der Waals surface area contributed by atoms with Crippen LogP contribution in [0.3, 0.4) is 0 Å². The van der Waals surface area contributed by atoms with E-state index >= 15 is 0 Å². The third-order valence-corrected chi connectivity index (χ3v) is 3.13. The molecule has 0 aromatic heterocycles. The molecular weight excluding hydrogens is 298 g/mol. The smallest absolute Gasteiger partial charge is 0.417 e. The predicted molar refractivity (Wildman–Crippen MR) is 85.6 cm³/mol. The fourth-order valence-corrected chi connectivity index (χ4v) is 2.32. The molecule has 0 aliphatic carbocycles. The lowest BCUT2D eigenvalue weighted by atomic mass is 10.0. The molecule has 0 N–H and O–H groups in total. The number of carbonyl (C=O) groups is 3. The summed E-state index contributed by atoms with van der Waals surface area (Å²) in [6, 6.07) is -0.957. The maximum absolute atomic E-state index is 12.5. The van der Waals surface area contributed by atoms with E-state index in [0.717, 1.165) is 4.90 Å². The number of carbonyl (C=O) groups excluding carboxylic acids is 3. The fourth-order valence-electron chi connectivity index (χ4n) is 2.32. The predicted octanol–water partition coefficient (Wildman–Crippen LogP) is 3.06. The molecule has 0 bridgehead atoms. The SMILES string of the molecule is C=CCC1CC(C(=O)OC(C)(C)C)N(C(=O)OC(C)(C)C)C1=O. The van der Waals surface area contributed by atoms with Gasteiger partial charge in [-0.05, 0) is 54.4 Å². The summed E-state index contributed by atoms with van der Waals surface area (Å²) in [7, 11) is 0. The van der Waals surface area contributed by atoms with Gasteiger partial charge in [-0.15, -0.1) is 6.58 Å². The maximum Gasteiger partial charge on any atom is 0.417 e. The highest BCUT2D eigenvalue weighted by molar-refractivity contribution is 6.00. The van der Waals surface area contributed by atoms with Gasteiger partial charge in [0, 0.05) is 5.92 Å². The highest BCUT2D eigenvalue weighted by Gasteiger charge is 2.48. The van der Waals surface area contributed by atoms with Gasteiger partial charge in [-0.25, -0.2) is 14.5 Å². The number of rotatable bonds is 3. The number of likely N-dealkylation sites (tertiary alicyclic amines) is 1. The Balaban J connectivity index is 3.03. The topological polar surface area (TPSA) is 72.9 Å². The molecule has 6 nitrogen and oxygen atoms in total. The number of allylic oxidation sites excluding steroid dienone is 1. The minimum Gasteiger partial charge on any atom is -0.458 e. The zero-order valence-corrected chi connectivity index (χ0v) is 14.8. The number of esters is 1. The molecule has 2 unspecified atom stereocenters. The lowest BCUT2D eigenvalue weighted by molar-refractivity contribution is -0.161. The molecule has 1 heterocycles. The van der Waals surface area contributed by atoms with Crippen LogP contribution in [-0.2, 0) is 19.1 Å². The molecule has 0 saturated carbocycles. The molecule has 1 rings (SSSR count). The molecule has 130 valence electrons. The zero-order chi connectivity index (χ0) is 18.0. The van der Waals surface area contributed by atoms with Crippen LogP contribution in [0.15, 0.2) is 12.7 Å². The summed E-state index contributed by atoms with van der Waals surface area (Å²) in [4.78, 5) is 38.1. The van der Waals surface area contributed by atoms with Gasteiger partial charge in [0.1, 0.15) is 17.2 Å². The van der Waals surface area contributed by atoms with Gasteiger partial charge in [0.2, 0.25) is 5.91 Å². The van der Waals surface area contributed by atoms with E-state index < -0.39 is 41.1 Å². The van der Waals surface area contributed by atoms with E-state index in [9.17, 15) is 14.4 Å². The third-order valence-electron chi connectivity index (χ3n) is 3.13. The van der Waals surface area contributed by atoms with Gasteiger partial charge in [-0.3, -0.25) is 4.79 Å². The van der Waals surface area contributed by atoms with Gasteiger partial charge in [0.25, 0.3) is 0 Å². The summed E-state index contributed by atoms with van der Waals surface area (Å²) in [5, 5.41) is 0. The number of hydrogen-bond acceptors (Lipinski definition) is 5. The maximum atomic E-state index is 12.5. The van der Waals surface area contributed by atoms with Gasteiger partial charge < -0.3 is 9.47 Å². The molecule has 2 atom stereocenters. The number of hydrogen-bond donors (Lipinski definition) is 0. The second-order valence-electron chi connectivity index (χ2n) is 7.69. The van der Waals surface area contributed by atoms with E-state index in [1.54, 1.807) is 47.6 Å². The summed E-state index contributed by atoms with van der Waals surface area (Å²) in [5.41, 5.74) is -1.46. The van der Waals surface area contributed by atoms with E-state index in [-0.39, 0.29) is 6.42 Å². The summed E-state index contributed by atoms with van der Waals surface area (Å²) in [6.45, 7) is 13.9. The number of amides is 2. The van der Waals surface area contributed by atoms with Gasteiger partial charge in [-0.2, -0.15) is 0 Å². The average molecular weight is 325 g/mol. The van der Waals surface area contributed by atoms with Crippen molar-refractivity contribution in [1.29, 1.82) is 0 Å². The zero-order valence-electron chi connectivity index (χ0n) is 14.8. The Morgan fingerprint density at radius 1 is 1.17 bits per heavy atom. The van der Waals surface area contributed by atoms with Crippen LogP contribution in [0.2, 0.25) is 0 Å². The van der Waals surface area contributed by atoms with Crippen molar-refractivity contribution >= 4 is 18.0 Å². The van der Waals surface area contributed by atoms with Crippen LogP contribution in [0, 0.1) is 5.92 Å². The monoisotopic (exact) mass is 325 g/mol. The quantitative estimate of drug-likeness (QED) is 0.589. The fraction of sp³-hybridized carbons (Fsp3) is 0.706. The van der Waals surface area contributed by atoms with Crippen molar-refractivity contribution in [2.45, 2.75) is 71.6 Å². The molecule has 6 heteroatoms. The first-order valence-electron chi connectivity index (χ1n) is 7.75. The number of imide groups is 1. The Morgan fingerprint density at radius 3 is 2.13 bits per heavy atom. The first-order valence-corrected chi connectivity index (χ1v) is 7.75. The number of ether oxygens (including phenoxy) is 2. The summed E-state index contributed by atoms with van der Waals surface area (Å²) in [6.07, 6.45) is 1.41. The van der Waals surface area contributed by atoms with Gasteiger partial charge in [-0.1, -0.05) is 6.08 Å². The van der Waals surface area contributed by atoms with Crippen molar-refractivity contribution in [2.75, 3.05) is 0 Å². The third kappa shape index (κ3) is 5.37. The molecule has 23 heavy (non-hydrogen) atoms. The van der Waals surface area contributed by atoms with E-state index in [4.69, 9.17) is 9.47 Å². The van der Waals surface area contributed by atoms with Crippen LogP contribution in [0.25, 0.3) is 0 Å². The molecule has 0 spiro atoms. The Hall–Kier alpha value is -1.85. The van der Waals surface area contributed by atoms with Crippen LogP contribution < -0.4 is 0 Å². The highest BCUT2D eigenvalue weighted by Crippen LogP contribution is 2.31. The second kappa shape index (κ2) is 6.72. The molecule has 1 aliphatic heterocycles. The Morgan fingerprint density at radius 2 is 1.70 bits per heavy atom. The van der Waals surface area contributed by atoms with Crippen LogP contribution in [0.5, 0.6) is 0 Å². The van der Waals surface area contributed by atoms with Crippen molar-refractivity contribution in [3.63, 3.8) is 0 Å². The van der Waals surface area contributed by atoms with E-state index in [0.29, 0.717) is 6.42 Å².